The number of carbonyl (C=O) groups is 3. The number of ether oxygens (including phenoxy) is 2. The van der Waals surface area contributed by atoms with Crippen LogP contribution >= 0.6 is 0 Å². The molecule has 1 aromatic carbocycles. The lowest BCUT2D eigenvalue weighted by atomic mass is 10.1. The standard InChI is InChI=1S/C18H23NO5/c1-12(20)13-7-9-14(10-8-13)23-16(21)15-6-5-11-19(15)17(22)24-18(2,3)4/h7-10,15H,5-6,11H2,1-4H3. The van der Waals surface area contributed by atoms with Crippen LogP contribution in [-0.2, 0) is 9.53 Å². The van der Waals surface area contributed by atoms with Crippen LogP contribution in [0.3, 0.4) is 0 Å². The number of carbonyl (C=O) groups excluding carboxylic acids is 3. The number of hydrogen-bond acceptors (Lipinski definition) is 5. The summed E-state index contributed by atoms with van der Waals surface area (Å²) >= 11 is 0. The predicted molar refractivity (Wildman–Crippen MR) is 88.0 cm³/mol. The van der Waals surface area contributed by atoms with Crippen LogP contribution in [0.1, 0.15) is 50.9 Å². The van der Waals surface area contributed by atoms with Gasteiger partial charge in [-0.25, -0.2) is 9.59 Å². The highest BCUT2D eigenvalue weighted by Crippen LogP contribution is 2.23. The first-order valence-corrected chi connectivity index (χ1v) is 8.00. The van der Waals surface area contributed by atoms with Crippen molar-refractivity contribution in [2.45, 2.75) is 52.2 Å². The summed E-state index contributed by atoms with van der Waals surface area (Å²) in [6.45, 7) is 7.29. The van der Waals surface area contributed by atoms with Gasteiger partial charge in [0, 0.05) is 12.1 Å². The van der Waals surface area contributed by atoms with Crippen LogP contribution in [0.2, 0.25) is 0 Å². The van der Waals surface area contributed by atoms with Crippen molar-refractivity contribution in [3.63, 3.8) is 0 Å². The molecule has 1 aromatic rings. The van der Waals surface area contributed by atoms with Crippen molar-refractivity contribution in [2.24, 2.45) is 0 Å². The number of nitrogens with zero attached hydrogens (tertiary/aromatic N) is 1. The number of ketones is 1. The van der Waals surface area contributed by atoms with Crippen LogP contribution in [0.25, 0.3) is 0 Å². The zero-order chi connectivity index (χ0) is 17.9. The van der Waals surface area contributed by atoms with Crippen LogP contribution in [0.15, 0.2) is 24.3 Å². The molecule has 0 bridgehead atoms. The molecule has 6 heteroatoms. The van der Waals surface area contributed by atoms with E-state index in [0.29, 0.717) is 24.3 Å². The quantitative estimate of drug-likeness (QED) is 0.482. The molecule has 0 spiro atoms. The Morgan fingerprint density at radius 1 is 1.12 bits per heavy atom. The highest BCUT2D eigenvalue weighted by Gasteiger charge is 2.37. The predicted octanol–water partition coefficient (Wildman–Crippen LogP) is 3.19. The van der Waals surface area contributed by atoms with Gasteiger partial charge in [-0.1, -0.05) is 0 Å². The summed E-state index contributed by atoms with van der Waals surface area (Å²) in [5.74, 6) is -0.199. The van der Waals surface area contributed by atoms with E-state index < -0.39 is 23.7 Å². The van der Waals surface area contributed by atoms with Gasteiger partial charge in [-0.3, -0.25) is 9.69 Å². The Kier molecular flexibility index (Phi) is 5.26. The van der Waals surface area contributed by atoms with Gasteiger partial charge in [0.05, 0.1) is 0 Å². The fourth-order valence-electron chi connectivity index (χ4n) is 2.49. The van der Waals surface area contributed by atoms with Crippen molar-refractivity contribution in [3.05, 3.63) is 29.8 Å². The first kappa shape index (κ1) is 18.0. The molecule has 0 radical (unpaired) electrons. The molecule has 1 unspecified atom stereocenters. The van der Waals surface area contributed by atoms with E-state index in [1.165, 1.54) is 11.8 Å². The maximum Gasteiger partial charge on any atom is 0.411 e. The summed E-state index contributed by atoms with van der Waals surface area (Å²) in [5.41, 5.74) is -0.0672. The third-order valence-electron chi connectivity index (χ3n) is 3.63. The highest BCUT2D eigenvalue weighted by molar-refractivity contribution is 5.94. The van der Waals surface area contributed by atoms with Crippen molar-refractivity contribution in [1.29, 1.82) is 0 Å². The topological polar surface area (TPSA) is 72.9 Å². The normalized spacial score (nSPS) is 17.5. The molecule has 1 atom stereocenters. The number of Topliss-reactive ketones (excluding diaryl/α,β-unsaturated/α-hetero) is 1. The van der Waals surface area contributed by atoms with Crippen molar-refractivity contribution in [3.8, 4) is 5.75 Å². The molecule has 24 heavy (non-hydrogen) atoms. The third kappa shape index (κ3) is 4.57. The molecule has 0 saturated carbocycles. The highest BCUT2D eigenvalue weighted by atomic mass is 16.6. The summed E-state index contributed by atoms with van der Waals surface area (Å²) < 4.78 is 10.7. The Labute approximate surface area is 141 Å². The van der Waals surface area contributed by atoms with Crippen LogP contribution in [0.5, 0.6) is 5.75 Å². The van der Waals surface area contributed by atoms with Gasteiger partial charge in [-0.05, 0) is 64.8 Å². The molecule has 1 saturated heterocycles. The monoisotopic (exact) mass is 333 g/mol. The Balaban J connectivity index is 2.02. The van der Waals surface area contributed by atoms with Gasteiger partial charge >= 0.3 is 12.1 Å². The summed E-state index contributed by atoms with van der Waals surface area (Å²) in [6, 6.07) is 5.70. The maximum absolute atomic E-state index is 12.4. The van der Waals surface area contributed by atoms with E-state index in [9.17, 15) is 14.4 Å². The SMILES string of the molecule is CC(=O)c1ccc(OC(=O)C2CCCN2C(=O)OC(C)(C)C)cc1. The number of likely N-dealkylation sites (tertiary alicyclic amines) is 1. The molecule has 1 amide bonds. The maximum atomic E-state index is 12.4. The van der Waals surface area contributed by atoms with E-state index in [2.05, 4.69) is 0 Å². The summed E-state index contributed by atoms with van der Waals surface area (Å²) in [6.07, 6.45) is 0.764. The number of hydrogen-bond donors (Lipinski definition) is 0. The first-order chi connectivity index (χ1) is 11.2. The second kappa shape index (κ2) is 7.03. The second-order valence-corrected chi connectivity index (χ2v) is 6.83. The zero-order valence-electron chi connectivity index (χ0n) is 14.5. The van der Waals surface area contributed by atoms with E-state index >= 15 is 0 Å². The zero-order valence-corrected chi connectivity index (χ0v) is 14.5. The largest absolute Gasteiger partial charge is 0.444 e. The Morgan fingerprint density at radius 3 is 2.29 bits per heavy atom. The summed E-state index contributed by atoms with van der Waals surface area (Å²) in [7, 11) is 0. The molecule has 1 aliphatic heterocycles. The minimum Gasteiger partial charge on any atom is -0.444 e. The minimum atomic E-state index is -0.646. The first-order valence-electron chi connectivity index (χ1n) is 8.00. The average Bonchev–Trinajstić information content (AvgIpc) is 2.95. The van der Waals surface area contributed by atoms with E-state index in [0.717, 1.165) is 6.42 Å². The molecular weight excluding hydrogens is 310 g/mol. The second-order valence-electron chi connectivity index (χ2n) is 6.83. The van der Waals surface area contributed by atoms with Crippen molar-refractivity contribution in [2.75, 3.05) is 6.54 Å². The smallest absolute Gasteiger partial charge is 0.411 e. The molecular formula is C18H23NO5. The van der Waals surface area contributed by atoms with Crippen molar-refractivity contribution >= 4 is 17.8 Å². The van der Waals surface area contributed by atoms with Gasteiger partial charge in [0.1, 0.15) is 17.4 Å². The van der Waals surface area contributed by atoms with Gasteiger partial charge < -0.3 is 9.47 Å². The molecule has 1 heterocycles. The van der Waals surface area contributed by atoms with Crippen LogP contribution in [-0.4, -0.2) is 40.9 Å². The average molecular weight is 333 g/mol. The van der Waals surface area contributed by atoms with Crippen LogP contribution in [0, 0.1) is 0 Å². The lowest BCUT2D eigenvalue weighted by Crippen LogP contribution is -2.44. The van der Waals surface area contributed by atoms with Gasteiger partial charge in [0.15, 0.2) is 5.78 Å². The van der Waals surface area contributed by atoms with Crippen LogP contribution in [0.4, 0.5) is 4.79 Å². The fourth-order valence-corrected chi connectivity index (χ4v) is 2.49. The molecule has 0 aliphatic carbocycles. The molecule has 130 valence electrons. The Morgan fingerprint density at radius 2 is 1.75 bits per heavy atom. The van der Waals surface area contributed by atoms with Crippen LogP contribution < -0.4 is 4.74 Å². The molecule has 6 nitrogen and oxygen atoms in total. The number of benzene rings is 1. The lowest BCUT2D eigenvalue weighted by Gasteiger charge is -2.27. The summed E-state index contributed by atoms with van der Waals surface area (Å²) in [5, 5.41) is 0. The fraction of sp³-hybridized carbons (Fsp3) is 0.500. The third-order valence-corrected chi connectivity index (χ3v) is 3.63. The van der Waals surface area contributed by atoms with E-state index in [4.69, 9.17) is 9.47 Å². The number of esters is 1. The number of amides is 1. The molecule has 1 fully saturated rings. The summed E-state index contributed by atoms with van der Waals surface area (Å²) in [4.78, 5) is 37.3. The molecule has 1 aliphatic rings. The minimum absolute atomic E-state index is 0.0558. The van der Waals surface area contributed by atoms with E-state index in [1.807, 2.05) is 0 Å². The van der Waals surface area contributed by atoms with E-state index in [-0.39, 0.29) is 5.78 Å². The van der Waals surface area contributed by atoms with Gasteiger partial charge in [-0.2, -0.15) is 0 Å². The van der Waals surface area contributed by atoms with Crippen molar-refractivity contribution < 1.29 is 23.9 Å². The molecule has 0 aromatic heterocycles. The molecule has 2 rings (SSSR count). The Hall–Kier alpha value is -2.37. The van der Waals surface area contributed by atoms with Gasteiger partial charge in [0.25, 0.3) is 0 Å². The van der Waals surface area contributed by atoms with E-state index in [1.54, 1.807) is 45.0 Å². The Bertz CT molecular complexity index is 630. The van der Waals surface area contributed by atoms with Gasteiger partial charge in [0.2, 0.25) is 0 Å². The lowest BCUT2D eigenvalue weighted by molar-refractivity contribution is -0.139. The van der Waals surface area contributed by atoms with Gasteiger partial charge in [-0.15, -0.1) is 0 Å². The molecule has 0 N–H and O–H groups in total. The number of rotatable bonds is 3. The van der Waals surface area contributed by atoms with Crippen molar-refractivity contribution in [1.82, 2.24) is 4.90 Å².